The van der Waals surface area contributed by atoms with Crippen molar-refractivity contribution in [3.8, 4) is 16.8 Å². The van der Waals surface area contributed by atoms with Crippen LogP contribution in [0.5, 0.6) is 0 Å². The normalized spacial score (nSPS) is 14.3. The quantitative estimate of drug-likeness (QED) is 0.275. The number of hydrogen-bond donors (Lipinski definition) is 4. The highest BCUT2D eigenvalue weighted by Crippen LogP contribution is 2.32. The highest BCUT2D eigenvalue weighted by atomic mass is 19.1. The average molecular weight is 539 g/mol. The van der Waals surface area contributed by atoms with Crippen LogP contribution in [0.2, 0.25) is 0 Å². The Hall–Kier alpha value is -4.50. The molecule has 3 aromatic carbocycles. The third kappa shape index (κ3) is 4.84. The summed E-state index contributed by atoms with van der Waals surface area (Å²) < 4.78 is 16.9. The van der Waals surface area contributed by atoms with Crippen molar-refractivity contribution in [2.75, 3.05) is 17.2 Å². The van der Waals surface area contributed by atoms with E-state index in [1.165, 1.54) is 23.3 Å². The van der Waals surface area contributed by atoms with E-state index in [0.29, 0.717) is 23.5 Å². The van der Waals surface area contributed by atoms with E-state index in [0.717, 1.165) is 42.0 Å². The zero-order valence-corrected chi connectivity index (χ0v) is 22.7. The molecule has 0 atom stereocenters. The van der Waals surface area contributed by atoms with Crippen molar-refractivity contribution in [1.82, 2.24) is 20.4 Å². The fourth-order valence-electron chi connectivity index (χ4n) is 5.21. The SMILES string of the molecule is CC(C)(C)c1cc(NC(=O)Nc2ccc(-c3cccc4c3CNC4=O)cc2F)n(-c2ccc3c(c2)CCNC3)n1. The Morgan fingerprint density at radius 2 is 1.80 bits per heavy atom. The topological polar surface area (TPSA) is 100 Å². The van der Waals surface area contributed by atoms with Crippen LogP contribution in [0.1, 0.15) is 53.5 Å². The number of nitrogens with zero attached hydrogens (tertiary/aromatic N) is 2. The van der Waals surface area contributed by atoms with Crippen LogP contribution < -0.4 is 21.3 Å². The molecule has 204 valence electrons. The van der Waals surface area contributed by atoms with E-state index in [1.54, 1.807) is 22.9 Å². The van der Waals surface area contributed by atoms with Crippen molar-refractivity contribution >= 4 is 23.4 Å². The lowest BCUT2D eigenvalue weighted by atomic mass is 9.92. The number of anilines is 2. The molecule has 40 heavy (non-hydrogen) atoms. The molecule has 8 nitrogen and oxygen atoms in total. The lowest BCUT2D eigenvalue weighted by Gasteiger charge is -2.18. The first-order valence-corrected chi connectivity index (χ1v) is 13.4. The summed E-state index contributed by atoms with van der Waals surface area (Å²) in [6.07, 6.45) is 0.924. The van der Waals surface area contributed by atoms with Crippen molar-refractivity contribution in [3.05, 3.63) is 94.4 Å². The Balaban J connectivity index is 1.25. The second kappa shape index (κ2) is 9.91. The smallest absolute Gasteiger partial charge is 0.324 e. The zero-order valence-electron chi connectivity index (χ0n) is 22.7. The standard InChI is InChI=1S/C31H31FN6O2/c1-31(2,3)27-15-28(38(37-27)21-9-7-20-16-33-12-11-18(20)13-21)36-30(40)35-26-10-8-19(14-25(26)32)22-5-4-6-23-24(22)17-34-29(23)39/h4-10,13-15,33H,11-12,16-17H2,1-3H3,(H,34,39)(H2,35,36,40). The van der Waals surface area contributed by atoms with Gasteiger partial charge in [-0.1, -0.05) is 45.0 Å². The second-order valence-corrected chi connectivity index (χ2v) is 11.2. The van der Waals surface area contributed by atoms with Crippen LogP contribution >= 0.6 is 0 Å². The van der Waals surface area contributed by atoms with Crippen LogP contribution in [-0.2, 0) is 24.9 Å². The Labute approximate surface area is 232 Å². The zero-order chi connectivity index (χ0) is 28.0. The highest BCUT2D eigenvalue weighted by Gasteiger charge is 2.24. The van der Waals surface area contributed by atoms with Crippen molar-refractivity contribution in [3.63, 3.8) is 0 Å². The number of nitrogens with one attached hydrogen (secondary N) is 4. The molecule has 0 unspecified atom stereocenters. The number of urea groups is 1. The Morgan fingerprint density at radius 3 is 2.60 bits per heavy atom. The van der Waals surface area contributed by atoms with Gasteiger partial charge in [-0.05, 0) is 71.1 Å². The van der Waals surface area contributed by atoms with E-state index < -0.39 is 11.8 Å². The van der Waals surface area contributed by atoms with Gasteiger partial charge in [0.1, 0.15) is 11.6 Å². The lowest BCUT2D eigenvalue weighted by molar-refractivity contribution is 0.0965. The summed E-state index contributed by atoms with van der Waals surface area (Å²) in [7, 11) is 0. The molecule has 4 aromatic rings. The number of fused-ring (bicyclic) bond motifs is 2. The number of amides is 3. The van der Waals surface area contributed by atoms with Gasteiger partial charge < -0.3 is 16.0 Å². The van der Waals surface area contributed by atoms with Crippen LogP contribution in [0.15, 0.2) is 60.7 Å². The molecule has 3 amide bonds. The number of aromatic nitrogens is 2. The number of rotatable bonds is 4. The van der Waals surface area contributed by atoms with Crippen LogP contribution in [0.3, 0.4) is 0 Å². The molecule has 0 spiro atoms. The van der Waals surface area contributed by atoms with Gasteiger partial charge in [0, 0.05) is 30.1 Å². The van der Waals surface area contributed by atoms with E-state index in [2.05, 4.69) is 54.2 Å². The average Bonchev–Trinajstić information content (AvgIpc) is 3.53. The van der Waals surface area contributed by atoms with Crippen LogP contribution in [0.4, 0.5) is 20.7 Å². The summed E-state index contributed by atoms with van der Waals surface area (Å²) in [4.78, 5) is 25.1. The Kier molecular flexibility index (Phi) is 6.38. The van der Waals surface area contributed by atoms with E-state index in [4.69, 9.17) is 5.10 Å². The molecule has 0 fully saturated rings. The third-order valence-corrected chi connectivity index (χ3v) is 7.42. The van der Waals surface area contributed by atoms with E-state index in [-0.39, 0.29) is 17.0 Å². The van der Waals surface area contributed by atoms with Gasteiger partial charge in [-0.25, -0.2) is 13.9 Å². The molecule has 0 aliphatic carbocycles. The number of carbonyl (C=O) groups excluding carboxylic acids is 2. The summed E-state index contributed by atoms with van der Waals surface area (Å²) >= 11 is 0. The van der Waals surface area contributed by atoms with E-state index >= 15 is 4.39 Å². The maximum absolute atomic E-state index is 15.2. The predicted octanol–water partition coefficient (Wildman–Crippen LogP) is 5.51. The van der Waals surface area contributed by atoms with Gasteiger partial charge in [-0.3, -0.25) is 10.1 Å². The van der Waals surface area contributed by atoms with Gasteiger partial charge in [0.15, 0.2) is 0 Å². The second-order valence-electron chi connectivity index (χ2n) is 11.2. The number of halogens is 1. The van der Waals surface area contributed by atoms with Crippen LogP contribution in [0.25, 0.3) is 16.8 Å². The molecule has 2 aliphatic rings. The first kappa shape index (κ1) is 25.8. The molecule has 0 saturated carbocycles. The minimum atomic E-state index is -0.578. The molecule has 0 bridgehead atoms. The highest BCUT2D eigenvalue weighted by molar-refractivity contribution is 6.01. The summed E-state index contributed by atoms with van der Waals surface area (Å²) in [5.74, 6) is -0.214. The van der Waals surface area contributed by atoms with Gasteiger partial charge in [0.2, 0.25) is 0 Å². The number of hydrogen-bond acceptors (Lipinski definition) is 4. The maximum atomic E-state index is 15.2. The van der Waals surface area contributed by atoms with Crippen LogP contribution in [0, 0.1) is 5.82 Å². The third-order valence-electron chi connectivity index (χ3n) is 7.42. The predicted molar refractivity (Wildman–Crippen MR) is 153 cm³/mol. The van der Waals surface area contributed by atoms with Gasteiger partial charge in [-0.15, -0.1) is 0 Å². The van der Waals surface area contributed by atoms with Gasteiger partial charge in [0.05, 0.1) is 17.1 Å². The lowest BCUT2D eigenvalue weighted by Crippen LogP contribution is -2.24. The monoisotopic (exact) mass is 538 g/mol. The minimum Gasteiger partial charge on any atom is -0.348 e. The summed E-state index contributed by atoms with van der Waals surface area (Å²) in [6.45, 7) is 8.34. The first-order valence-electron chi connectivity index (χ1n) is 13.4. The van der Waals surface area contributed by atoms with E-state index in [9.17, 15) is 9.59 Å². The molecule has 1 aromatic heterocycles. The molecule has 3 heterocycles. The molecular weight excluding hydrogens is 507 g/mol. The first-order chi connectivity index (χ1) is 19.2. The fraction of sp³-hybridized carbons (Fsp3) is 0.258. The molecule has 6 rings (SSSR count). The molecular formula is C31H31FN6O2. The number of carbonyl (C=O) groups is 2. The Morgan fingerprint density at radius 1 is 0.975 bits per heavy atom. The van der Waals surface area contributed by atoms with E-state index in [1.807, 2.05) is 18.2 Å². The largest absolute Gasteiger partial charge is 0.348 e. The van der Waals surface area contributed by atoms with Crippen molar-refractivity contribution < 1.29 is 14.0 Å². The van der Waals surface area contributed by atoms with Crippen molar-refractivity contribution in [1.29, 1.82) is 0 Å². The Bertz CT molecular complexity index is 1650. The van der Waals surface area contributed by atoms with Crippen molar-refractivity contribution in [2.24, 2.45) is 0 Å². The minimum absolute atomic E-state index is 0.0476. The fourth-order valence-corrected chi connectivity index (χ4v) is 5.21. The van der Waals surface area contributed by atoms with Crippen molar-refractivity contribution in [2.45, 2.75) is 45.7 Å². The summed E-state index contributed by atoms with van der Waals surface area (Å²) in [6, 6.07) is 17.5. The molecule has 4 N–H and O–H groups in total. The molecule has 9 heteroatoms. The van der Waals surface area contributed by atoms with Gasteiger partial charge in [-0.2, -0.15) is 5.10 Å². The number of benzene rings is 3. The van der Waals surface area contributed by atoms with Gasteiger partial charge >= 0.3 is 6.03 Å². The molecule has 0 radical (unpaired) electrons. The van der Waals surface area contributed by atoms with Crippen LogP contribution in [-0.4, -0.2) is 28.3 Å². The summed E-state index contributed by atoms with van der Waals surface area (Å²) in [5, 5.41) is 16.5. The summed E-state index contributed by atoms with van der Waals surface area (Å²) in [5.41, 5.74) is 6.84. The molecule has 0 saturated heterocycles. The molecule has 2 aliphatic heterocycles. The van der Waals surface area contributed by atoms with Gasteiger partial charge in [0.25, 0.3) is 5.91 Å². The maximum Gasteiger partial charge on any atom is 0.324 e.